The maximum atomic E-state index is 13.9. The number of aliphatic hydroxyl groups is 1. The minimum absolute atomic E-state index is 0.134. The molecule has 3 rings (SSSR count). The molecule has 1 aliphatic rings. The van der Waals surface area contributed by atoms with Crippen LogP contribution in [-0.2, 0) is 6.42 Å². The molecule has 0 radical (unpaired) electrons. The third-order valence-electron chi connectivity index (χ3n) is 3.89. The number of rotatable bonds is 1. The first kappa shape index (κ1) is 13.2. The van der Waals surface area contributed by atoms with Gasteiger partial charge in [-0.3, -0.25) is 4.98 Å². The summed E-state index contributed by atoms with van der Waals surface area (Å²) in [5.74, 6) is -0.957. The summed E-state index contributed by atoms with van der Waals surface area (Å²) >= 11 is 0. The van der Waals surface area contributed by atoms with Crippen molar-refractivity contribution in [1.82, 2.24) is 4.98 Å². The molecule has 20 heavy (non-hydrogen) atoms. The third kappa shape index (κ3) is 2.43. The second-order valence-corrected chi connectivity index (χ2v) is 5.21. The van der Waals surface area contributed by atoms with Crippen molar-refractivity contribution in [2.24, 2.45) is 0 Å². The summed E-state index contributed by atoms with van der Waals surface area (Å²) in [6, 6.07) is 7.24. The van der Waals surface area contributed by atoms with Crippen molar-refractivity contribution in [3.63, 3.8) is 0 Å². The number of benzene rings is 1. The van der Waals surface area contributed by atoms with Crippen LogP contribution in [0.3, 0.4) is 0 Å². The van der Waals surface area contributed by atoms with E-state index in [4.69, 9.17) is 0 Å². The van der Waals surface area contributed by atoms with Gasteiger partial charge in [-0.15, -0.1) is 0 Å². The molecule has 0 spiro atoms. The maximum Gasteiger partial charge on any atom is 0.126 e. The van der Waals surface area contributed by atoms with Crippen LogP contribution in [0.4, 0.5) is 8.78 Å². The Balaban J connectivity index is 1.99. The van der Waals surface area contributed by atoms with Crippen LogP contribution < -0.4 is 0 Å². The van der Waals surface area contributed by atoms with Crippen molar-refractivity contribution >= 4 is 0 Å². The van der Waals surface area contributed by atoms with Crippen LogP contribution in [0.1, 0.15) is 41.7 Å². The summed E-state index contributed by atoms with van der Waals surface area (Å²) in [7, 11) is 0. The molecule has 0 saturated carbocycles. The van der Waals surface area contributed by atoms with Gasteiger partial charge in [0.2, 0.25) is 0 Å². The Morgan fingerprint density at radius 2 is 2.00 bits per heavy atom. The summed E-state index contributed by atoms with van der Waals surface area (Å²) in [6.07, 6.45) is 2.70. The Hall–Kier alpha value is -1.81. The molecule has 0 fully saturated rings. The number of halogens is 2. The van der Waals surface area contributed by atoms with Crippen molar-refractivity contribution in [3.8, 4) is 0 Å². The van der Waals surface area contributed by atoms with Gasteiger partial charge in [0.25, 0.3) is 0 Å². The Labute approximate surface area is 116 Å². The van der Waals surface area contributed by atoms with Gasteiger partial charge in [-0.1, -0.05) is 6.07 Å². The molecule has 1 heterocycles. The molecular weight excluding hydrogens is 260 g/mol. The van der Waals surface area contributed by atoms with E-state index in [9.17, 15) is 13.9 Å². The molecular formula is C16H15F2NO. The van der Waals surface area contributed by atoms with E-state index in [1.54, 1.807) is 12.3 Å². The number of aliphatic hydroxyl groups excluding tert-OH is 1. The SMILES string of the molecule is O[C@H]1CC[C@@H](c2cc(F)ccc2F)Cc2cccnc21. The highest BCUT2D eigenvalue weighted by Gasteiger charge is 2.26. The standard InChI is InChI=1S/C16H15F2NO/c17-12-4-5-14(18)13(9-12)10-3-6-15(20)16-11(8-10)2-1-7-19-16/h1-2,4-5,7,9-10,15,20H,3,6,8H2/t10-,15+/m1/s1. The molecule has 2 atom stereocenters. The first-order valence-corrected chi connectivity index (χ1v) is 6.72. The van der Waals surface area contributed by atoms with Gasteiger partial charge >= 0.3 is 0 Å². The second-order valence-electron chi connectivity index (χ2n) is 5.21. The van der Waals surface area contributed by atoms with Crippen molar-refractivity contribution in [3.05, 3.63) is 65.0 Å². The molecule has 2 nitrogen and oxygen atoms in total. The minimum Gasteiger partial charge on any atom is -0.387 e. The van der Waals surface area contributed by atoms with Crippen molar-refractivity contribution in [1.29, 1.82) is 0 Å². The summed E-state index contributed by atoms with van der Waals surface area (Å²) in [6.45, 7) is 0. The molecule has 1 aromatic heterocycles. The smallest absolute Gasteiger partial charge is 0.126 e. The van der Waals surface area contributed by atoms with Gasteiger partial charge in [0.15, 0.2) is 0 Å². The van der Waals surface area contributed by atoms with E-state index >= 15 is 0 Å². The van der Waals surface area contributed by atoms with Crippen molar-refractivity contribution in [2.45, 2.75) is 31.3 Å². The first-order chi connectivity index (χ1) is 9.65. The zero-order valence-electron chi connectivity index (χ0n) is 10.9. The van der Waals surface area contributed by atoms with Crippen LogP contribution in [0.2, 0.25) is 0 Å². The maximum absolute atomic E-state index is 13.9. The number of hydrogen-bond donors (Lipinski definition) is 1. The number of hydrogen-bond acceptors (Lipinski definition) is 2. The Bertz CT molecular complexity index is 630. The van der Waals surface area contributed by atoms with Crippen molar-refractivity contribution in [2.75, 3.05) is 0 Å². The molecule has 0 aliphatic heterocycles. The number of fused-ring (bicyclic) bond motifs is 1. The second kappa shape index (κ2) is 5.29. The van der Waals surface area contributed by atoms with E-state index in [0.29, 0.717) is 30.5 Å². The Morgan fingerprint density at radius 3 is 2.85 bits per heavy atom. The van der Waals surface area contributed by atoms with Crippen LogP contribution in [0.5, 0.6) is 0 Å². The van der Waals surface area contributed by atoms with Gasteiger partial charge in [-0.2, -0.15) is 0 Å². The van der Waals surface area contributed by atoms with Gasteiger partial charge in [-0.05, 0) is 60.6 Å². The number of pyridine rings is 1. The molecule has 4 heteroatoms. The fraction of sp³-hybridized carbons (Fsp3) is 0.312. The topological polar surface area (TPSA) is 33.1 Å². The zero-order chi connectivity index (χ0) is 14.1. The van der Waals surface area contributed by atoms with Crippen molar-refractivity contribution < 1.29 is 13.9 Å². The molecule has 0 amide bonds. The highest BCUT2D eigenvalue weighted by molar-refractivity contribution is 5.30. The van der Waals surface area contributed by atoms with Crippen LogP contribution in [0.25, 0.3) is 0 Å². The first-order valence-electron chi connectivity index (χ1n) is 6.72. The zero-order valence-corrected chi connectivity index (χ0v) is 10.9. The fourth-order valence-electron chi connectivity index (χ4n) is 2.88. The average molecular weight is 275 g/mol. The lowest BCUT2D eigenvalue weighted by atomic mass is 9.90. The molecule has 0 unspecified atom stereocenters. The lowest BCUT2D eigenvalue weighted by Gasteiger charge is -2.16. The highest BCUT2D eigenvalue weighted by atomic mass is 19.1. The molecule has 0 bridgehead atoms. The predicted molar refractivity (Wildman–Crippen MR) is 71.2 cm³/mol. The van der Waals surface area contributed by atoms with Crippen LogP contribution in [-0.4, -0.2) is 10.1 Å². The summed E-state index contributed by atoms with van der Waals surface area (Å²) in [5, 5.41) is 10.1. The van der Waals surface area contributed by atoms with E-state index < -0.39 is 17.7 Å². The van der Waals surface area contributed by atoms with E-state index in [-0.39, 0.29) is 5.92 Å². The fourth-order valence-corrected chi connectivity index (χ4v) is 2.88. The largest absolute Gasteiger partial charge is 0.387 e. The van der Waals surface area contributed by atoms with E-state index in [2.05, 4.69) is 4.98 Å². The molecule has 1 aliphatic carbocycles. The minimum atomic E-state index is -0.632. The van der Waals surface area contributed by atoms with E-state index in [0.717, 1.165) is 17.7 Å². The number of nitrogens with zero attached hydrogens (tertiary/aromatic N) is 1. The molecule has 1 aromatic carbocycles. The van der Waals surface area contributed by atoms with Crippen LogP contribution in [0, 0.1) is 11.6 Å². The predicted octanol–water partition coefficient (Wildman–Crippen LogP) is 3.51. The Morgan fingerprint density at radius 1 is 1.15 bits per heavy atom. The average Bonchev–Trinajstić information content (AvgIpc) is 2.62. The van der Waals surface area contributed by atoms with Gasteiger partial charge in [0.05, 0.1) is 11.8 Å². The summed E-state index contributed by atoms with van der Waals surface area (Å²) < 4.78 is 27.3. The third-order valence-corrected chi connectivity index (χ3v) is 3.89. The van der Waals surface area contributed by atoms with Gasteiger partial charge in [0, 0.05) is 6.20 Å². The monoisotopic (exact) mass is 275 g/mol. The normalized spacial score (nSPS) is 22.1. The highest BCUT2D eigenvalue weighted by Crippen LogP contribution is 2.36. The molecule has 0 saturated heterocycles. The van der Waals surface area contributed by atoms with E-state index in [1.165, 1.54) is 6.07 Å². The van der Waals surface area contributed by atoms with Gasteiger partial charge in [0.1, 0.15) is 11.6 Å². The lowest BCUT2D eigenvalue weighted by molar-refractivity contribution is 0.160. The summed E-state index contributed by atoms with van der Waals surface area (Å²) in [5.41, 5.74) is 1.95. The van der Waals surface area contributed by atoms with Gasteiger partial charge < -0.3 is 5.11 Å². The lowest BCUT2D eigenvalue weighted by Crippen LogP contribution is -2.05. The quantitative estimate of drug-likeness (QED) is 0.808. The van der Waals surface area contributed by atoms with Crippen LogP contribution in [0.15, 0.2) is 36.5 Å². The summed E-state index contributed by atoms with van der Waals surface area (Å²) in [4.78, 5) is 4.21. The molecule has 2 aromatic rings. The molecule has 1 N–H and O–H groups in total. The number of aromatic nitrogens is 1. The Kier molecular flexibility index (Phi) is 3.49. The molecule has 104 valence electrons. The van der Waals surface area contributed by atoms with E-state index in [1.807, 2.05) is 6.07 Å². The van der Waals surface area contributed by atoms with Crippen LogP contribution >= 0.6 is 0 Å². The van der Waals surface area contributed by atoms with Gasteiger partial charge in [-0.25, -0.2) is 8.78 Å².